The van der Waals surface area contributed by atoms with Crippen LogP contribution in [-0.2, 0) is 21.7 Å². The molecule has 136 heavy (non-hydrogen) atoms. The molecule has 6 aliphatic rings. The standard InChI is InChI=1S/C132H88N2O2/c1-129(2)110-40-18-14-35-103(110)109-80-98(70-76-112(109)129)133(94-68-57-89(58-69-94)99-39-23-45-117-123(99)106-38-17-21-43-114(106)132(117)119-73-60-87-28-9-12-33-101(87)126(119)135-127-102-34-13-10-29-88(102)61-74-120(127)132)97-31-22-30-91(77-97)83-47-49-84(50-48-83)92-52-51-90-62-75-121-128(107(90)78-92)136-125-100-32-11-8-27-86(100)59-72-118(125)131(121)113-42-20-15-36-104(113)108-79-93(63-71-115(108)131)85-55-66-96(67-56-85)134(95-64-53-82(54-65-95)81-25-6-5-7-26-81)122-46-24-44-116-124(122)105-37-16-19-41-111(105)130(116,3)4/h5-80H,1-4H3. The highest BCUT2D eigenvalue weighted by molar-refractivity contribution is 6.06. The molecule has 0 bridgehead atoms. The molecule has 22 aromatic rings. The molecule has 1 atom stereocenters. The number of rotatable bonds is 11. The Labute approximate surface area is 791 Å². The van der Waals surface area contributed by atoms with Gasteiger partial charge in [0, 0.05) is 88.6 Å². The van der Waals surface area contributed by atoms with E-state index in [0.717, 1.165) is 161 Å². The molecule has 22 aromatic carbocycles. The van der Waals surface area contributed by atoms with E-state index in [4.69, 9.17) is 9.47 Å². The summed E-state index contributed by atoms with van der Waals surface area (Å²) in [5.41, 5.74) is 41.3. The van der Waals surface area contributed by atoms with Crippen LogP contribution in [-0.4, -0.2) is 0 Å². The second-order valence-electron chi connectivity index (χ2n) is 38.7. The van der Waals surface area contributed by atoms with Crippen molar-refractivity contribution in [1.29, 1.82) is 0 Å². The fourth-order valence-corrected chi connectivity index (χ4v) is 24.9. The van der Waals surface area contributed by atoms with Crippen molar-refractivity contribution in [3.63, 3.8) is 0 Å². The Balaban J connectivity index is 0.533. The van der Waals surface area contributed by atoms with Crippen molar-refractivity contribution >= 4 is 77.2 Å². The van der Waals surface area contributed by atoms with E-state index < -0.39 is 10.8 Å². The van der Waals surface area contributed by atoms with Crippen LogP contribution in [0.15, 0.2) is 461 Å². The van der Waals surface area contributed by atoms with E-state index in [0.29, 0.717) is 0 Å². The lowest BCUT2D eigenvalue weighted by atomic mass is 9.65. The molecule has 0 saturated carbocycles. The Bertz CT molecular complexity index is 8760. The van der Waals surface area contributed by atoms with E-state index in [2.05, 4.69) is 499 Å². The molecule has 2 aliphatic heterocycles. The second-order valence-corrected chi connectivity index (χ2v) is 38.7. The van der Waals surface area contributed by atoms with Crippen LogP contribution < -0.4 is 19.3 Å². The fraction of sp³-hybridized carbons (Fsp3) is 0.0606. The number of nitrogens with zero attached hydrogens (tertiary/aromatic N) is 2. The van der Waals surface area contributed by atoms with Crippen molar-refractivity contribution in [3.8, 4) is 123 Å². The van der Waals surface area contributed by atoms with Crippen LogP contribution in [0.4, 0.5) is 34.1 Å². The molecular formula is C132H88N2O2. The summed E-state index contributed by atoms with van der Waals surface area (Å²) in [6, 6.07) is 173. The molecule has 4 nitrogen and oxygen atoms in total. The van der Waals surface area contributed by atoms with Gasteiger partial charge in [0.2, 0.25) is 0 Å². The van der Waals surface area contributed by atoms with Crippen molar-refractivity contribution < 1.29 is 9.47 Å². The van der Waals surface area contributed by atoms with Gasteiger partial charge in [0.25, 0.3) is 0 Å². The monoisotopic (exact) mass is 1730 g/mol. The number of hydrogen-bond donors (Lipinski definition) is 0. The van der Waals surface area contributed by atoms with Gasteiger partial charge in [-0.3, -0.25) is 0 Å². The number of hydrogen-bond acceptors (Lipinski definition) is 4. The summed E-state index contributed by atoms with van der Waals surface area (Å²) in [5, 5.41) is 8.91. The molecule has 4 heteroatoms. The van der Waals surface area contributed by atoms with E-state index in [-0.39, 0.29) is 10.8 Å². The second kappa shape index (κ2) is 29.3. The van der Waals surface area contributed by atoms with E-state index in [1.165, 1.54) is 106 Å². The molecule has 0 amide bonds. The van der Waals surface area contributed by atoms with E-state index >= 15 is 0 Å². The zero-order valence-corrected chi connectivity index (χ0v) is 75.6. The fourth-order valence-electron chi connectivity index (χ4n) is 24.9. The van der Waals surface area contributed by atoms with Gasteiger partial charge in [-0.2, -0.15) is 0 Å². The van der Waals surface area contributed by atoms with Crippen LogP contribution in [0.5, 0.6) is 23.0 Å². The van der Waals surface area contributed by atoms with Crippen LogP contribution in [0.1, 0.15) is 94.5 Å². The van der Waals surface area contributed by atoms with Crippen molar-refractivity contribution in [2.45, 2.75) is 49.4 Å². The summed E-state index contributed by atoms with van der Waals surface area (Å²) in [6.07, 6.45) is 0. The lowest BCUT2D eigenvalue weighted by molar-refractivity contribution is 0.447. The predicted octanol–water partition coefficient (Wildman–Crippen LogP) is 35.1. The first-order valence-corrected chi connectivity index (χ1v) is 47.6. The molecule has 28 rings (SSSR count). The molecule has 0 radical (unpaired) electrons. The summed E-state index contributed by atoms with van der Waals surface area (Å²) >= 11 is 0. The lowest BCUT2D eigenvalue weighted by Gasteiger charge is -2.40. The van der Waals surface area contributed by atoms with E-state index in [9.17, 15) is 0 Å². The smallest absolute Gasteiger partial charge is 0.140 e. The van der Waals surface area contributed by atoms with Gasteiger partial charge in [0.1, 0.15) is 23.0 Å². The number of anilines is 6. The average molecular weight is 1730 g/mol. The summed E-state index contributed by atoms with van der Waals surface area (Å²) in [5.74, 6) is 3.59. The minimum Gasteiger partial charge on any atom is -0.455 e. The van der Waals surface area contributed by atoms with Crippen molar-refractivity contribution in [1.82, 2.24) is 0 Å². The minimum atomic E-state index is -0.731. The molecule has 638 valence electrons. The first kappa shape index (κ1) is 77.8. The zero-order chi connectivity index (χ0) is 90.0. The Morgan fingerprint density at radius 2 is 0.493 bits per heavy atom. The average Bonchev–Trinajstić information content (AvgIpc) is 1.49. The third kappa shape index (κ3) is 11.1. The molecule has 0 fully saturated rings. The minimum absolute atomic E-state index is 0.155. The third-order valence-corrected chi connectivity index (χ3v) is 31.2. The van der Waals surface area contributed by atoms with Gasteiger partial charge in [-0.15, -0.1) is 0 Å². The largest absolute Gasteiger partial charge is 0.455 e. The first-order valence-electron chi connectivity index (χ1n) is 47.6. The van der Waals surface area contributed by atoms with Crippen LogP contribution >= 0.6 is 0 Å². The molecule has 0 saturated heterocycles. The topological polar surface area (TPSA) is 24.9 Å². The van der Waals surface area contributed by atoms with Gasteiger partial charge < -0.3 is 19.3 Å². The van der Waals surface area contributed by atoms with Crippen LogP contribution in [0.3, 0.4) is 0 Å². The maximum absolute atomic E-state index is 7.70. The van der Waals surface area contributed by atoms with Gasteiger partial charge in [0.15, 0.2) is 0 Å². The van der Waals surface area contributed by atoms with Crippen LogP contribution in [0.25, 0.3) is 143 Å². The number of benzene rings is 22. The Morgan fingerprint density at radius 1 is 0.169 bits per heavy atom. The normalized spacial score (nSPS) is 14.9. The van der Waals surface area contributed by atoms with Crippen LogP contribution in [0.2, 0.25) is 0 Å². The molecule has 0 aromatic heterocycles. The Kier molecular flexibility index (Phi) is 16.8. The lowest BCUT2D eigenvalue weighted by Crippen LogP contribution is -2.32. The molecule has 1 unspecified atom stereocenters. The zero-order valence-electron chi connectivity index (χ0n) is 75.6. The van der Waals surface area contributed by atoms with Gasteiger partial charge in [-0.05, 0) is 239 Å². The highest BCUT2D eigenvalue weighted by Crippen LogP contribution is 2.68. The molecular weight excluding hydrogens is 1650 g/mol. The third-order valence-electron chi connectivity index (χ3n) is 31.2. The summed E-state index contributed by atoms with van der Waals surface area (Å²) in [4.78, 5) is 4.92. The highest BCUT2D eigenvalue weighted by atomic mass is 16.5. The van der Waals surface area contributed by atoms with Crippen molar-refractivity contribution in [3.05, 3.63) is 528 Å². The summed E-state index contributed by atoms with van der Waals surface area (Å²) in [7, 11) is 0. The van der Waals surface area contributed by atoms with Crippen LogP contribution in [0, 0.1) is 0 Å². The van der Waals surface area contributed by atoms with E-state index in [1.807, 2.05) is 0 Å². The maximum atomic E-state index is 7.70. The van der Waals surface area contributed by atoms with Gasteiger partial charge in [-0.25, -0.2) is 0 Å². The SMILES string of the molecule is CC1(C)c2ccccc2-c2cc(N(c3ccc(-c4cccc5c4-c4ccccc4C54c5ccc6ccccc6c5Oc5c4ccc4ccccc54)cc3)c3cccc(-c4ccc(-c5ccc6ccc7c(c6c5)Oc5c(ccc6ccccc56)C75c6ccccc6-c6cc(-c7ccc(N(c8ccc(-c9ccccc9)cc8)c8cccc9c8-c8ccccc8C9(C)C)cc7)ccc65)cc4)c3)ccc21. The molecule has 4 aliphatic carbocycles. The maximum Gasteiger partial charge on any atom is 0.140 e. The Morgan fingerprint density at radius 3 is 1.09 bits per heavy atom. The van der Waals surface area contributed by atoms with Crippen molar-refractivity contribution in [2.24, 2.45) is 0 Å². The summed E-state index contributed by atoms with van der Waals surface area (Å²) in [6.45, 7) is 9.46. The van der Waals surface area contributed by atoms with Gasteiger partial charge in [-0.1, -0.05) is 410 Å². The van der Waals surface area contributed by atoms with E-state index in [1.54, 1.807) is 0 Å². The summed E-state index contributed by atoms with van der Waals surface area (Å²) < 4.78 is 15.0. The highest BCUT2D eigenvalue weighted by Gasteiger charge is 2.55. The molecule has 0 N–H and O–H groups in total. The number of ether oxygens (including phenoxy) is 2. The van der Waals surface area contributed by atoms with Gasteiger partial charge in [0.05, 0.1) is 16.5 Å². The Hall–Kier alpha value is -16.9. The first-order chi connectivity index (χ1) is 66.9. The molecule has 2 heterocycles. The van der Waals surface area contributed by atoms with Gasteiger partial charge >= 0.3 is 0 Å². The number of fused-ring (bicyclic) bond motifs is 32. The molecule has 2 spiro atoms. The predicted molar refractivity (Wildman–Crippen MR) is 563 cm³/mol. The quantitative estimate of drug-likeness (QED) is 0.129. The van der Waals surface area contributed by atoms with Crippen molar-refractivity contribution in [2.75, 3.05) is 9.80 Å².